The molecule has 1 rings (SSSR count). The Bertz CT molecular complexity index is 323. The second-order valence-corrected chi connectivity index (χ2v) is 3.14. The van der Waals surface area contributed by atoms with E-state index in [4.69, 9.17) is 11.0 Å². The van der Waals surface area contributed by atoms with Crippen LogP contribution in [0.5, 0.6) is 0 Å². The summed E-state index contributed by atoms with van der Waals surface area (Å²) in [7, 11) is 0. The first kappa shape index (κ1) is 9.60. The van der Waals surface area contributed by atoms with E-state index >= 15 is 0 Å². The van der Waals surface area contributed by atoms with Crippen LogP contribution >= 0.6 is 0 Å². The number of anilines is 1. The normalized spacial score (nSPS) is 9.54. The molecule has 0 aromatic heterocycles. The zero-order valence-electron chi connectivity index (χ0n) is 7.88. The fraction of sp³-hybridized carbons (Fsp3) is 0.364. The van der Waals surface area contributed by atoms with Gasteiger partial charge in [0.25, 0.3) is 0 Å². The van der Waals surface area contributed by atoms with E-state index in [1.54, 1.807) is 6.07 Å². The molecule has 0 spiro atoms. The lowest BCUT2D eigenvalue weighted by atomic mass is 10.1. The average molecular weight is 174 g/mol. The topological polar surface area (TPSA) is 49.8 Å². The summed E-state index contributed by atoms with van der Waals surface area (Å²) < 4.78 is 0. The Labute approximate surface area is 79.0 Å². The molecule has 0 saturated heterocycles. The molecule has 0 aliphatic carbocycles. The number of nitriles is 1. The molecule has 0 aliphatic rings. The molecule has 0 atom stereocenters. The van der Waals surface area contributed by atoms with Crippen molar-refractivity contribution in [3.8, 4) is 6.07 Å². The van der Waals surface area contributed by atoms with E-state index in [2.05, 4.69) is 13.0 Å². The molecule has 2 N–H and O–H groups in total. The molecule has 1 aromatic rings. The van der Waals surface area contributed by atoms with Gasteiger partial charge < -0.3 is 5.73 Å². The van der Waals surface area contributed by atoms with Crippen LogP contribution in [-0.4, -0.2) is 0 Å². The van der Waals surface area contributed by atoms with E-state index < -0.39 is 0 Å². The van der Waals surface area contributed by atoms with E-state index in [1.165, 1.54) is 18.4 Å². The number of benzene rings is 1. The van der Waals surface area contributed by atoms with Crippen LogP contribution in [0.25, 0.3) is 0 Å². The maximum Gasteiger partial charge on any atom is 0.101 e. The minimum atomic E-state index is 0.570. The Balaban J connectivity index is 2.79. The molecule has 2 nitrogen and oxygen atoms in total. The fourth-order valence-corrected chi connectivity index (χ4v) is 1.25. The van der Waals surface area contributed by atoms with Gasteiger partial charge in [-0.2, -0.15) is 5.26 Å². The van der Waals surface area contributed by atoms with E-state index in [0.717, 1.165) is 6.42 Å². The summed E-state index contributed by atoms with van der Waals surface area (Å²) >= 11 is 0. The molecular formula is C11H14N2. The molecule has 2 heteroatoms. The summed E-state index contributed by atoms with van der Waals surface area (Å²) in [5.41, 5.74) is 8.07. The van der Waals surface area contributed by atoms with Gasteiger partial charge in [0.05, 0.1) is 5.56 Å². The standard InChI is InChI=1S/C11H14N2/c1-2-3-4-9-5-6-10(8-12)11(13)7-9/h5-7H,2-4,13H2,1H3. The van der Waals surface area contributed by atoms with Gasteiger partial charge in [-0.05, 0) is 30.5 Å². The SMILES string of the molecule is CCCCc1ccc(C#N)c(N)c1. The van der Waals surface area contributed by atoms with Gasteiger partial charge in [-0.25, -0.2) is 0 Å². The molecule has 0 amide bonds. The van der Waals surface area contributed by atoms with Crippen LogP contribution in [0, 0.1) is 11.3 Å². The van der Waals surface area contributed by atoms with Gasteiger partial charge in [-0.1, -0.05) is 19.4 Å². The highest BCUT2D eigenvalue weighted by Gasteiger charge is 1.98. The summed E-state index contributed by atoms with van der Waals surface area (Å²) in [5.74, 6) is 0. The predicted octanol–water partition coefficient (Wildman–Crippen LogP) is 2.48. The third kappa shape index (κ3) is 2.48. The van der Waals surface area contributed by atoms with Crippen LogP contribution in [-0.2, 0) is 6.42 Å². The average Bonchev–Trinajstić information content (AvgIpc) is 2.15. The van der Waals surface area contributed by atoms with E-state index in [1.807, 2.05) is 12.1 Å². The molecule has 0 unspecified atom stereocenters. The summed E-state index contributed by atoms with van der Waals surface area (Å²) in [4.78, 5) is 0. The summed E-state index contributed by atoms with van der Waals surface area (Å²) in [6.45, 7) is 2.16. The van der Waals surface area contributed by atoms with Gasteiger partial charge in [-0.3, -0.25) is 0 Å². The quantitative estimate of drug-likeness (QED) is 0.716. The van der Waals surface area contributed by atoms with Crippen molar-refractivity contribution in [3.05, 3.63) is 29.3 Å². The van der Waals surface area contributed by atoms with Gasteiger partial charge in [0.1, 0.15) is 6.07 Å². The van der Waals surface area contributed by atoms with Crippen molar-refractivity contribution < 1.29 is 0 Å². The largest absolute Gasteiger partial charge is 0.398 e. The molecule has 0 bridgehead atoms. The summed E-state index contributed by atoms with van der Waals surface area (Å²) in [5, 5.41) is 8.66. The Morgan fingerprint density at radius 1 is 1.46 bits per heavy atom. The van der Waals surface area contributed by atoms with Crippen molar-refractivity contribution in [1.29, 1.82) is 5.26 Å². The predicted molar refractivity (Wildman–Crippen MR) is 54.2 cm³/mol. The number of nitrogens with zero attached hydrogens (tertiary/aromatic N) is 1. The zero-order valence-corrected chi connectivity index (χ0v) is 7.88. The van der Waals surface area contributed by atoms with Crippen LogP contribution < -0.4 is 5.73 Å². The number of aryl methyl sites for hydroxylation is 1. The number of hydrogen-bond acceptors (Lipinski definition) is 2. The maximum absolute atomic E-state index is 8.66. The Morgan fingerprint density at radius 3 is 2.77 bits per heavy atom. The van der Waals surface area contributed by atoms with Crippen LogP contribution in [0.1, 0.15) is 30.9 Å². The van der Waals surface area contributed by atoms with E-state index in [-0.39, 0.29) is 0 Å². The third-order valence-electron chi connectivity index (χ3n) is 2.06. The molecule has 68 valence electrons. The van der Waals surface area contributed by atoms with Gasteiger partial charge in [0.2, 0.25) is 0 Å². The highest BCUT2D eigenvalue weighted by Crippen LogP contribution is 2.14. The van der Waals surface area contributed by atoms with Crippen molar-refractivity contribution >= 4 is 5.69 Å². The number of nitrogen functional groups attached to an aromatic ring is 1. The van der Waals surface area contributed by atoms with Crippen LogP contribution in [0.2, 0.25) is 0 Å². The summed E-state index contributed by atoms with van der Waals surface area (Å²) in [6.07, 6.45) is 3.40. The van der Waals surface area contributed by atoms with Crippen molar-refractivity contribution in [2.24, 2.45) is 0 Å². The van der Waals surface area contributed by atoms with Crippen molar-refractivity contribution in [3.63, 3.8) is 0 Å². The minimum absolute atomic E-state index is 0.570. The first-order valence-electron chi connectivity index (χ1n) is 4.56. The molecule has 13 heavy (non-hydrogen) atoms. The van der Waals surface area contributed by atoms with Gasteiger partial charge in [0, 0.05) is 5.69 Å². The lowest BCUT2D eigenvalue weighted by molar-refractivity contribution is 0.795. The van der Waals surface area contributed by atoms with Crippen molar-refractivity contribution in [1.82, 2.24) is 0 Å². The lowest BCUT2D eigenvalue weighted by Crippen LogP contribution is -1.93. The van der Waals surface area contributed by atoms with E-state index in [9.17, 15) is 0 Å². The first-order chi connectivity index (χ1) is 6.27. The number of nitrogens with two attached hydrogens (primary N) is 1. The number of hydrogen-bond donors (Lipinski definition) is 1. The monoisotopic (exact) mass is 174 g/mol. The Kier molecular flexibility index (Phi) is 3.33. The Morgan fingerprint density at radius 2 is 2.23 bits per heavy atom. The van der Waals surface area contributed by atoms with Crippen LogP contribution in [0.3, 0.4) is 0 Å². The second kappa shape index (κ2) is 4.51. The molecule has 0 fully saturated rings. The third-order valence-corrected chi connectivity index (χ3v) is 2.06. The molecule has 0 aliphatic heterocycles. The van der Waals surface area contributed by atoms with Crippen molar-refractivity contribution in [2.45, 2.75) is 26.2 Å². The highest BCUT2D eigenvalue weighted by atomic mass is 14.6. The number of rotatable bonds is 3. The molecule has 1 aromatic carbocycles. The van der Waals surface area contributed by atoms with E-state index in [0.29, 0.717) is 11.3 Å². The van der Waals surface area contributed by atoms with Gasteiger partial charge >= 0.3 is 0 Å². The van der Waals surface area contributed by atoms with Crippen LogP contribution in [0.15, 0.2) is 18.2 Å². The molecule has 0 heterocycles. The highest BCUT2D eigenvalue weighted by molar-refractivity contribution is 5.55. The fourth-order valence-electron chi connectivity index (χ4n) is 1.25. The smallest absolute Gasteiger partial charge is 0.101 e. The lowest BCUT2D eigenvalue weighted by Gasteiger charge is -2.02. The van der Waals surface area contributed by atoms with Gasteiger partial charge in [-0.15, -0.1) is 0 Å². The number of unbranched alkanes of at least 4 members (excludes halogenated alkanes) is 1. The van der Waals surface area contributed by atoms with Crippen LogP contribution in [0.4, 0.5) is 5.69 Å². The second-order valence-electron chi connectivity index (χ2n) is 3.14. The summed E-state index contributed by atoms with van der Waals surface area (Å²) in [6, 6.07) is 7.72. The Hall–Kier alpha value is -1.49. The van der Waals surface area contributed by atoms with Crippen molar-refractivity contribution in [2.75, 3.05) is 5.73 Å². The minimum Gasteiger partial charge on any atom is -0.398 e. The molecule has 0 saturated carbocycles. The van der Waals surface area contributed by atoms with Gasteiger partial charge in [0.15, 0.2) is 0 Å². The first-order valence-corrected chi connectivity index (χ1v) is 4.56. The zero-order chi connectivity index (χ0) is 9.68. The molecular weight excluding hydrogens is 160 g/mol. The molecule has 0 radical (unpaired) electrons. The maximum atomic E-state index is 8.66.